The number of carbonyl (C=O) groups excluding carboxylic acids is 1. The summed E-state index contributed by atoms with van der Waals surface area (Å²) in [7, 11) is 0. The number of halogens is 1. The second kappa shape index (κ2) is 7.53. The Bertz CT molecular complexity index is 1330. The largest absolute Gasteiger partial charge is 0.454 e. The zero-order valence-electron chi connectivity index (χ0n) is 16.8. The molecule has 6 rings (SSSR count). The molecule has 3 aliphatic rings. The second-order valence-electron chi connectivity index (χ2n) is 7.66. The van der Waals surface area contributed by atoms with Gasteiger partial charge in [0.2, 0.25) is 6.79 Å². The van der Waals surface area contributed by atoms with Gasteiger partial charge in [0, 0.05) is 16.9 Å². The van der Waals surface area contributed by atoms with Gasteiger partial charge in [0.1, 0.15) is 11.9 Å². The number of amidine groups is 1. The topological polar surface area (TPSA) is 59.9 Å². The molecule has 0 radical (unpaired) electrons. The van der Waals surface area contributed by atoms with E-state index in [4.69, 9.17) is 14.5 Å². The summed E-state index contributed by atoms with van der Waals surface area (Å²) < 4.78 is 24.6. The lowest BCUT2D eigenvalue weighted by Gasteiger charge is -2.24. The molecule has 158 valence electrons. The van der Waals surface area contributed by atoms with Crippen molar-refractivity contribution in [2.45, 2.75) is 11.8 Å². The van der Waals surface area contributed by atoms with Gasteiger partial charge < -0.3 is 14.8 Å². The molecule has 1 aliphatic carbocycles. The molecule has 0 amide bonds. The SMILES string of the molecule is O=C1C2=C(NC(SCc3cccc(F)c3)=NC2c2ccc3c(c2)OCO3)c2ccccc21. The highest BCUT2D eigenvalue weighted by Gasteiger charge is 2.38. The van der Waals surface area contributed by atoms with Crippen LogP contribution in [0.5, 0.6) is 11.5 Å². The predicted octanol–water partition coefficient (Wildman–Crippen LogP) is 5.10. The van der Waals surface area contributed by atoms with Crippen LogP contribution in [0, 0.1) is 5.82 Å². The fourth-order valence-corrected chi connectivity index (χ4v) is 5.03. The minimum atomic E-state index is -0.476. The van der Waals surface area contributed by atoms with Crippen molar-refractivity contribution in [2.75, 3.05) is 6.79 Å². The lowest BCUT2D eigenvalue weighted by atomic mass is 9.95. The molecule has 3 aromatic rings. The van der Waals surface area contributed by atoms with E-state index in [0.29, 0.717) is 33.6 Å². The number of rotatable bonds is 3. The van der Waals surface area contributed by atoms with Crippen LogP contribution in [0.3, 0.4) is 0 Å². The number of nitrogens with one attached hydrogen (secondary N) is 1. The van der Waals surface area contributed by atoms with Gasteiger partial charge in [-0.1, -0.05) is 54.2 Å². The van der Waals surface area contributed by atoms with Gasteiger partial charge in [-0.3, -0.25) is 4.79 Å². The average molecular weight is 444 g/mol. The van der Waals surface area contributed by atoms with Crippen LogP contribution in [-0.4, -0.2) is 17.7 Å². The third-order valence-electron chi connectivity index (χ3n) is 5.68. The Morgan fingerprint density at radius 2 is 1.84 bits per heavy atom. The zero-order valence-corrected chi connectivity index (χ0v) is 17.6. The Balaban J connectivity index is 1.39. The van der Waals surface area contributed by atoms with E-state index in [0.717, 1.165) is 22.4 Å². The minimum Gasteiger partial charge on any atom is -0.454 e. The maximum atomic E-state index is 13.6. The van der Waals surface area contributed by atoms with E-state index in [-0.39, 0.29) is 18.4 Å². The molecule has 5 nitrogen and oxygen atoms in total. The highest BCUT2D eigenvalue weighted by Crippen LogP contribution is 2.45. The first-order valence-electron chi connectivity index (χ1n) is 10.2. The molecular weight excluding hydrogens is 427 g/mol. The van der Waals surface area contributed by atoms with Crippen LogP contribution in [0.15, 0.2) is 77.3 Å². The second-order valence-corrected chi connectivity index (χ2v) is 8.62. The molecule has 1 unspecified atom stereocenters. The van der Waals surface area contributed by atoms with Gasteiger partial charge in [0.15, 0.2) is 22.4 Å². The summed E-state index contributed by atoms with van der Waals surface area (Å²) in [6.45, 7) is 0.182. The standard InChI is InChI=1S/C25H17FN2O3S/c26-16-5-3-4-14(10-16)12-32-25-27-22(15-8-9-19-20(11-15)31-13-30-19)21-23(28-25)17-6-1-2-7-18(17)24(21)29/h1-11,22H,12-13H2,(H,27,28). The molecule has 7 heteroatoms. The Hall–Kier alpha value is -3.58. The van der Waals surface area contributed by atoms with E-state index >= 15 is 0 Å². The van der Waals surface area contributed by atoms with Crippen molar-refractivity contribution in [1.82, 2.24) is 5.32 Å². The predicted molar refractivity (Wildman–Crippen MR) is 121 cm³/mol. The van der Waals surface area contributed by atoms with Gasteiger partial charge in [-0.05, 0) is 35.4 Å². The summed E-state index contributed by atoms with van der Waals surface area (Å²) in [4.78, 5) is 18.2. The molecule has 0 saturated heterocycles. The fourth-order valence-electron chi connectivity index (χ4n) is 4.20. The normalized spacial score (nSPS) is 18.2. The number of fused-ring (bicyclic) bond motifs is 3. The van der Waals surface area contributed by atoms with E-state index in [9.17, 15) is 9.18 Å². The third kappa shape index (κ3) is 3.17. The van der Waals surface area contributed by atoms with Crippen LogP contribution in [0.1, 0.15) is 33.1 Å². The first-order valence-corrected chi connectivity index (χ1v) is 11.2. The fraction of sp³-hybridized carbons (Fsp3) is 0.120. The number of hydrogen-bond acceptors (Lipinski definition) is 6. The number of Topliss-reactive ketones (excluding diaryl/α,β-unsaturated/α-hetero) is 1. The van der Waals surface area contributed by atoms with Crippen molar-refractivity contribution in [1.29, 1.82) is 0 Å². The molecule has 32 heavy (non-hydrogen) atoms. The Labute approximate surface area is 188 Å². The van der Waals surface area contributed by atoms with Crippen LogP contribution < -0.4 is 14.8 Å². The first kappa shape index (κ1) is 19.1. The quantitative estimate of drug-likeness (QED) is 0.609. The molecule has 2 aliphatic heterocycles. The van der Waals surface area contributed by atoms with Gasteiger partial charge in [0.25, 0.3) is 0 Å². The molecule has 0 aromatic heterocycles. The van der Waals surface area contributed by atoms with Crippen molar-refractivity contribution >= 4 is 28.4 Å². The van der Waals surface area contributed by atoms with Gasteiger partial charge in [-0.2, -0.15) is 0 Å². The molecular formula is C25H17FN2O3S. The summed E-state index contributed by atoms with van der Waals surface area (Å²) in [5.74, 6) is 1.59. The highest BCUT2D eigenvalue weighted by molar-refractivity contribution is 8.13. The minimum absolute atomic E-state index is 0.0244. The van der Waals surface area contributed by atoms with E-state index in [2.05, 4.69) is 5.32 Å². The monoisotopic (exact) mass is 444 g/mol. The van der Waals surface area contributed by atoms with Crippen molar-refractivity contribution in [3.8, 4) is 11.5 Å². The molecule has 0 fully saturated rings. The zero-order chi connectivity index (χ0) is 21.7. The van der Waals surface area contributed by atoms with Gasteiger partial charge >= 0.3 is 0 Å². The summed E-state index contributed by atoms with van der Waals surface area (Å²) >= 11 is 1.48. The highest BCUT2D eigenvalue weighted by atomic mass is 32.2. The third-order valence-corrected chi connectivity index (χ3v) is 6.64. The maximum Gasteiger partial charge on any atom is 0.231 e. The Kier molecular flexibility index (Phi) is 4.50. The van der Waals surface area contributed by atoms with Gasteiger partial charge in [0.05, 0.1) is 11.3 Å². The molecule has 1 atom stereocenters. The molecule has 0 saturated carbocycles. The molecule has 3 aromatic carbocycles. The van der Waals surface area contributed by atoms with Crippen LogP contribution in [0.4, 0.5) is 4.39 Å². The number of aliphatic imine (C=N–C) groups is 1. The van der Waals surface area contributed by atoms with Crippen LogP contribution in [-0.2, 0) is 5.75 Å². The van der Waals surface area contributed by atoms with E-state index < -0.39 is 6.04 Å². The molecule has 1 N–H and O–H groups in total. The molecule has 0 bridgehead atoms. The summed E-state index contributed by atoms with van der Waals surface area (Å²) in [5, 5.41) is 4.04. The number of benzene rings is 3. The van der Waals surface area contributed by atoms with E-state index in [1.165, 1.54) is 23.9 Å². The number of carbonyl (C=O) groups is 1. The number of ketones is 1. The average Bonchev–Trinajstić information content (AvgIpc) is 3.40. The number of hydrogen-bond donors (Lipinski definition) is 1. The first-order chi connectivity index (χ1) is 15.7. The lowest BCUT2D eigenvalue weighted by molar-refractivity contribution is 0.103. The molecule has 2 heterocycles. The molecule has 0 spiro atoms. The van der Waals surface area contributed by atoms with Crippen molar-refractivity contribution < 1.29 is 18.7 Å². The van der Waals surface area contributed by atoms with Crippen molar-refractivity contribution in [2.24, 2.45) is 4.99 Å². The van der Waals surface area contributed by atoms with Crippen LogP contribution >= 0.6 is 11.8 Å². The van der Waals surface area contributed by atoms with E-state index in [1.807, 2.05) is 48.5 Å². The Morgan fingerprint density at radius 3 is 2.72 bits per heavy atom. The lowest BCUT2D eigenvalue weighted by Crippen LogP contribution is -2.27. The van der Waals surface area contributed by atoms with Crippen molar-refractivity contribution in [3.63, 3.8) is 0 Å². The van der Waals surface area contributed by atoms with Gasteiger partial charge in [-0.15, -0.1) is 0 Å². The smallest absolute Gasteiger partial charge is 0.231 e. The number of nitrogens with zero attached hydrogens (tertiary/aromatic N) is 1. The van der Waals surface area contributed by atoms with Crippen molar-refractivity contribution in [3.05, 3.63) is 100 Å². The summed E-state index contributed by atoms with van der Waals surface area (Å²) in [6.07, 6.45) is 0. The summed E-state index contributed by atoms with van der Waals surface area (Å²) in [5.41, 5.74) is 4.67. The number of thioether (sulfide) groups is 1. The van der Waals surface area contributed by atoms with E-state index in [1.54, 1.807) is 6.07 Å². The van der Waals surface area contributed by atoms with Crippen LogP contribution in [0.2, 0.25) is 0 Å². The Morgan fingerprint density at radius 1 is 1.00 bits per heavy atom. The number of ether oxygens (including phenoxy) is 2. The maximum absolute atomic E-state index is 13.6. The summed E-state index contributed by atoms with van der Waals surface area (Å²) in [6, 6.07) is 19.3. The van der Waals surface area contributed by atoms with Crippen LogP contribution in [0.25, 0.3) is 5.70 Å². The van der Waals surface area contributed by atoms with Gasteiger partial charge in [-0.25, -0.2) is 9.38 Å².